The lowest BCUT2D eigenvalue weighted by Gasteiger charge is -2.25. The molecular weight excluding hydrogens is 345 g/mol. The molecule has 8 heteroatoms. The van der Waals surface area contributed by atoms with Gasteiger partial charge in [-0.2, -0.15) is 13.2 Å². The third kappa shape index (κ3) is 3.84. The van der Waals surface area contributed by atoms with Crippen molar-refractivity contribution in [3.63, 3.8) is 0 Å². The lowest BCUT2D eigenvalue weighted by atomic mass is 10.1. The van der Waals surface area contributed by atoms with E-state index in [0.29, 0.717) is 11.1 Å². The van der Waals surface area contributed by atoms with Gasteiger partial charge in [-0.15, -0.1) is 12.4 Å². The average molecular weight is 363 g/mol. The number of methoxy groups -OCH3 is 1. The van der Waals surface area contributed by atoms with Gasteiger partial charge in [-0.05, 0) is 38.1 Å². The first kappa shape index (κ1) is 18.6. The van der Waals surface area contributed by atoms with Crippen LogP contribution in [0.2, 0.25) is 0 Å². The number of aromatic nitrogens is 1. The van der Waals surface area contributed by atoms with E-state index in [1.165, 1.54) is 7.11 Å². The molecule has 0 atom stereocenters. The van der Waals surface area contributed by atoms with Crippen molar-refractivity contribution in [1.82, 2.24) is 10.3 Å². The fraction of sp³-hybridized carbons (Fsp3) is 0.438. The second-order valence-corrected chi connectivity index (χ2v) is 5.43. The molecule has 0 spiro atoms. The number of nitrogens with one attached hydrogen (secondary N) is 1. The first-order valence-corrected chi connectivity index (χ1v) is 7.41. The third-order valence-electron chi connectivity index (χ3n) is 3.85. The molecule has 0 radical (unpaired) electrons. The minimum atomic E-state index is -4.54. The standard InChI is InChI=1S/C16H17F3N2O2.ClH/c1-22-12-4-2-3-11-13(23-10-5-7-20-8-6-10)9-14(16(17,18)19)21-15(11)12;/h2-4,9-10,20H,5-8H2,1H3;1H. The van der Waals surface area contributed by atoms with Gasteiger partial charge >= 0.3 is 6.18 Å². The van der Waals surface area contributed by atoms with Crippen LogP contribution in [-0.4, -0.2) is 31.3 Å². The van der Waals surface area contributed by atoms with Gasteiger partial charge in [-0.25, -0.2) is 4.98 Å². The predicted octanol–water partition coefficient (Wildman–Crippen LogP) is 3.81. The molecule has 0 amide bonds. The summed E-state index contributed by atoms with van der Waals surface area (Å²) in [6.07, 6.45) is -3.12. The maximum absolute atomic E-state index is 13.1. The Kier molecular flexibility index (Phi) is 5.77. The van der Waals surface area contributed by atoms with E-state index in [2.05, 4.69) is 10.3 Å². The highest BCUT2D eigenvalue weighted by molar-refractivity contribution is 5.90. The van der Waals surface area contributed by atoms with Crippen molar-refractivity contribution in [2.24, 2.45) is 0 Å². The van der Waals surface area contributed by atoms with Crippen LogP contribution < -0.4 is 14.8 Å². The quantitative estimate of drug-likeness (QED) is 0.901. The summed E-state index contributed by atoms with van der Waals surface area (Å²) in [5.74, 6) is 0.497. The van der Waals surface area contributed by atoms with E-state index in [9.17, 15) is 13.2 Å². The number of pyridine rings is 1. The summed E-state index contributed by atoms with van der Waals surface area (Å²) in [5.41, 5.74) is -0.813. The van der Waals surface area contributed by atoms with E-state index in [-0.39, 0.29) is 29.8 Å². The van der Waals surface area contributed by atoms with Crippen LogP contribution in [0, 0.1) is 0 Å². The summed E-state index contributed by atoms with van der Waals surface area (Å²) < 4.78 is 50.4. The first-order valence-electron chi connectivity index (χ1n) is 7.41. The molecule has 1 aliphatic heterocycles. The zero-order valence-corrected chi connectivity index (χ0v) is 13.8. The van der Waals surface area contributed by atoms with Crippen LogP contribution in [0.1, 0.15) is 18.5 Å². The van der Waals surface area contributed by atoms with Gasteiger partial charge in [-0.3, -0.25) is 0 Å². The van der Waals surface area contributed by atoms with E-state index < -0.39 is 11.9 Å². The van der Waals surface area contributed by atoms with Gasteiger partial charge in [0.1, 0.15) is 28.8 Å². The minimum Gasteiger partial charge on any atom is -0.494 e. The molecular formula is C16H18ClF3N2O2. The maximum atomic E-state index is 13.1. The van der Waals surface area contributed by atoms with Gasteiger partial charge in [0.05, 0.1) is 7.11 Å². The summed E-state index contributed by atoms with van der Waals surface area (Å²) in [6, 6.07) is 5.97. The zero-order chi connectivity index (χ0) is 16.4. The zero-order valence-electron chi connectivity index (χ0n) is 13.0. The topological polar surface area (TPSA) is 43.4 Å². The van der Waals surface area contributed by atoms with Gasteiger partial charge in [-0.1, -0.05) is 6.07 Å². The lowest BCUT2D eigenvalue weighted by Crippen LogP contribution is -2.34. The van der Waals surface area contributed by atoms with Crippen LogP contribution >= 0.6 is 12.4 Å². The first-order chi connectivity index (χ1) is 11.0. The Balaban J connectivity index is 0.00000208. The number of nitrogens with zero attached hydrogens (tertiary/aromatic N) is 1. The second-order valence-electron chi connectivity index (χ2n) is 5.43. The largest absolute Gasteiger partial charge is 0.494 e. The molecule has 4 nitrogen and oxygen atoms in total. The number of benzene rings is 1. The number of halogens is 4. The Hall–Kier alpha value is -1.73. The number of hydrogen-bond donors (Lipinski definition) is 1. The molecule has 24 heavy (non-hydrogen) atoms. The molecule has 132 valence electrons. The molecule has 1 N–H and O–H groups in total. The number of para-hydroxylation sites is 1. The van der Waals surface area contributed by atoms with Crippen molar-refractivity contribution in [1.29, 1.82) is 0 Å². The van der Waals surface area contributed by atoms with Gasteiger partial charge in [0, 0.05) is 11.5 Å². The highest BCUT2D eigenvalue weighted by atomic mass is 35.5. The van der Waals surface area contributed by atoms with Gasteiger partial charge in [0.15, 0.2) is 0 Å². The van der Waals surface area contributed by atoms with E-state index >= 15 is 0 Å². The van der Waals surface area contributed by atoms with Crippen molar-refractivity contribution in [2.75, 3.05) is 20.2 Å². The molecule has 2 aromatic rings. The average Bonchev–Trinajstić information content (AvgIpc) is 2.54. The van der Waals surface area contributed by atoms with E-state index in [1.807, 2.05) is 0 Å². The number of hydrogen-bond acceptors (Lipinski definition) is 4. The highest BCUT2D eigenvalue weighted by Gasteiger charge is 2.34. The van der Waals surface area contributed by atoms with Crippen molar-refractivity contribution in [3.05, 3.63) is 30.0 Å². The van der Waals surface area contributed by atoms with E-state index in [4.69, 9.17) is 9.47 Å². The molecule has 0 unspecified atom stereocenters. The number of alkyl halides is 3. The summed E-state index contributed by atoms with van der Waals surface area (Å²) in [7, 11) is 1.41. The highest BCUT2D eigenvalue weighted by Crippen LogP contribution is 2.37. The molecule has 3 rings (SSSR count). The van der Waals surface area contributed by atoms with Crippen LogP contribution in [-0.2, 0) is 6.18 Å². The van der Waals surface area contributed by atoms with Crippen LogP contribution in [0.3, 0.4) is 0 Å². The van der Waals surface area contributed by atoms with E-state index in [1.54, 1.807) is 18.2 Å². The maximum Gasteiger partial charge on any atom is 0.433 e. The van der Waals surface area contributed by atoms with Gasteiger partial charge in [0.25, 0.3) is 0 Å². The van der Waals surface area contributed by atoms with Gasteiger partial charge < -0.3 is 14.8 Å². The number of piperidine rings is 1. The van der Waals surface area contributed by atoms with Crippen LogP contribution in [0.15, 0.2) is 24.3 Å². The molecule has 1 aromatic heterocycles. The van der Waals surface area contributed by atoms with Gasteiger partial charge in [0.2, 0.25) is 0 Å². The molecule has 0 saturated carbocycles. The Labute approximate surface area is 143 Å². The van der Waals surface area contributed by atoms with E-state index in [0.717, 1.165) is 32.0 Å². The van der Waals surface area contributed by atoms with Crippen molar-refractivity contribution in [3.8, 4) is 11.5 Å². The van der Waals surface area contributed by atoms with Crippen molar-refractivity contribution >= 4 is 23.3 Å². The van der Waals surface area contributed by atoms with Crippen LogP contribution in [0.25, 0.3) is 10.9 Å². The molecule has 1 saturated heterocycles. The summed E-state index contributed by atoms with van der Waals surface area (Å²) >= 11 is 0. The molecule has 1 fully saturated rings. The lowest BCUT2D eigenvalue weighted by molar-refractivity contribution is -0.141. The Morgan fingerprint density at radius 3 is 2.50 bits per heavy atom. The molecule has 0 aliphatic carbocycles. The SMILES string of the molecule is COc1cccc2c(OC3CCNCC3)cc(C(F)(F)F)nc12.Cl. The minimum absolute atomic E-state index is 0. The Morgan fingerprint density at radius 1 is 1.17 bits per heavy atom. The third-order valence-corrected chi connectivity index (χ3v) is 3.85. The Morgan fingerprint density at radius 2 is 1.88 bits per heavy atom. The molecule has 2 heterocycles. The predicted molar refractivity (Wildman–Crippen MR) is 87.1 cm³/mol. The Bertz CT molecular complexity index is 704. The number of fused-ring (bicyclic) bond motifs is 1. The fourth-order valence-corrected chi connectivity index (χ4v) is 2.69. The number of rotatable bonds is 3. The molecule has 1 aromatic carbocycles. The monoisotopic (exact) mass is 362 g/mol. The normalized spacial score (nSPS) is 15.8. The van der Waals surface area contributed by atoms with Crippen LogP contribution in [0.5, 0.6) is 11.5 Å². The molecule has 0 bridgehead atoms. The summed E-state index contributed by atoms with van der Waals surface area (Å²) in [5, 5.41) is 3.72. The molecule has 1 aliphatic rings. The number of ether oxygens (including phenoxy) is 2. The van der Waals surface area contributed by atoms with Crippen molar-refractivity contribution < 1.29 is 22.6 Å². The fourth-order valence-electron chi connectivity index (χ4n) is 2.69. The van der Waals surface area contributed by atoms with Crippen molar-refractivity contribution in [2.45, 2.75) is 25.1 Å². The van der Waals surface area contributed by atoms with Crippen LogP contribution in [0.4, 0.5) is 13.2 Å². The smallest absolute Gasteiger partial charge is 0.433 e. The second kappa shape index (κ2) is 7.44. The summed E-state index contributed by atoms with van der Waals surface area (Å²) in [6.45, 7) is 1.59. The summed E-state index contributed by atoms with van der Waals surface area (Å²) in [4.78, 5) is 3.73.